The van der Waals surface area contributed by atoms with Crippen LogP contribution in [-0.2, 0) is 20.0 Å². The van der Waals surface area contributed by atoms with Gasteiger partial charge in [-0.2, -0.15) is 18.3 Å². The van der Waals surface area contributed by atoms with E-state index in [1.165, 1.54) is 11.6 Å². The number of benzene rings is 1. The van der Waals surface area contributed by atoms with E-state index in [4.69, 9.17) is 4.74 Å². The lowest BCUT2D eigenvalue weighted by Crippen LogP contribution is -2.43. The van der Waals surface area contributed by atoms with Gasteiger partial charge in [-0.15, -0.1) is 24.0 Å². The summed E-state index contributed by atoms with van der Waals surface area (Å²) in [7, 11) is 1.93. The average Bonchev–Trinajstić information content (AvgIpc) is 2.90. The minimum absolute atomic E-state index is 0. The number of aryl methyl sites for hydroxylation is 2. The molecule has 1 aromatic carbocycles. The van der Waals surface area contributed by atoms with Crippen molar-refractivity contribution in [1.82, 2.24) is 20.4 Å². The number of halogens is 4. The second-order valence-electron chi connectivity index (χ2n) is 7.27. The molecule has 1 heterocycles. The van der Waals surface area contributed by atoms with Crippen LogP contribution < -0.4 is 15.4 Å². The molecular formula is C21H31F3IN5O. The molecule has 0 aliphatic heterocycles. The van der Waals surface area contributed by atoms with Gasteiger partial charge in [0.05, 0.1) is 12.2 Å². The Bertz CT molecular complexity index is 867. The van der Waals surface area contributed by atoms with Gasteiger partial charge in [-0.25, -0.2) is 4.99 Å². The molecule has 2 aromatic rings. The highest BCUT2D eigenvalue weighted by atomic mass is 127. The molecule has 31 heavy (non-hydrogen) atoms. The van der Waals surface area contributed by atoms with Crippen LogP contribution >= 0.6 is 24.0 Å². The lowest BCUT2D eigenvalue weighted by Gasteiger charge is -2.18. The number of hydrogen-bond donors (Lipinski definition) is 2. The predicted octanol–water partition coefficient (Wildman–Crippen LogP) is 4.28. The van der Waals surface area contributed by atoms with E-state index in [1.54, 1.807) is 18.2 Å². The van der Waals surface area contributed by atoms with Crippen molar-refractivity contribution in [3.63, 3.8) is 0 Å². The summed E-state index contributed by atoms with van der Waals surface area (Å²) in [6, 6.07) is 6.66. The van der Waals surface area contributed by atoms with Gasteiger partial charge in [-0.3, -0.25) is 4.68 Å². The highest BCUT2D eigenvalue weighted by molar-refractivity contribution is 14.0. The average molecular weight is 553 g/mol. The summed E-state index contributed by atoms with van der Waals surface area (Å²) < 4.78 is 43.7. The first-order chi connectivity index (χ1) is 14.1. The summed E-state index contributed by atoms with van der Waals surface area (Å²) in [6.07, 6.45) is -3.56. The van der Waals surface area contributed by atoms with Gasteiger partial charge in [0, 0.05) is 25.3 Å². The monoisotopic (exact) mass is 553 g/mol. The SMILES string of the molecule is CCNC(=NCc1cccc(OCC(F)(F)F)c1)NC(C)Cc1c(C)nn(C)c1C.I. The van der Waals surface area contributed by atoms with Crippen LogP contribution in [0, 0.1) is 13.8 Å². The van der Waals surface area contributed by atoms with Gasteiger partial charge in [-0.05, 0) is 57.4 Å². The Morgan fingerprint density at radius 3 is 2.58 bits per heavy atom. The van der Waals surface area contributed by atoms with Crippen molar-refractivity contribution in [2.45, 2.75) is 52.9 Å². The Morgan fingerprint density at radius 1 is 1.29 bits per heavy atom. The summed E-state index contributed by atoms with van der Waals surface area (Å²) in [4.78, 5) is 4.56. The Balaban J connectivity index is 0.00000480. The summed E-state index contributed by atoms with van der Waals surface area (Å²) in [5, 5.41) is 11.0. The fourth-order valence-corrected chi connectivity index (χ4v) is 3.09. The first-order valence-corrected chi connectivity index (χ1v) is 9.91. The summed E-state index contributed by atoms with van der Waals surface area (Å²) in [5.41, 5.74) is 4.13. The second kappa shape index (κ2) is 12.2. The highest BCUT2D eigenvalue weighted by Crippen LogP contribution is 2.20. The highest BCUT2D eigenvalue weighted by Gasteiger charge is 2.28. The zero-order valence-electron chi connectivity index (χ0n) is 18.5. The molecule has 0 spiro atoms. The van der Waals surface area contributed by atoms with E-state index in [0.717, 1.165) is 23.4 Å². The van der Waals surface area contributed by atoms with E-state index >= 15 is 0 Å². The Morgan fingerprint density at radius 2 is 2.00 bits per heavy atom. The summed E-state index contributed by atoms with van der Waals surface area (Å²) >= 11 is 0. The van der Waals surface area contributed by atoms with E-state index in [-0.39, 0.29) is 35.8 Å². The molecular weight excluding hydrogens is 522 g/mol. The van der Waals surface area contributed by atoms with Crippen molar-refractivity contribution in [2.75, 3.05) is 13.2 Å². The quantitative estimate of drug-likeness (QED) is 0.291. The lowest BCUT2D eigenvalue weighted by molar-refractivity contribution is -0.153. The minimum atomic E-state index is -4.36. The number of ether oxygens (including phenoxy) is 1. The second-order valence-corrected chi connectivity index (χ2v) is 7.27. The fourth-order valence-electron chi connectivity index (χ4n) is 3.09. The van der Waals surface area contributed by atoms with E-state index < -0.39 is 12.8 Å². The van der Waals surface area contributed by atoms with E-state index in [2.05, 4.69) is 34.6 Å². The number of nitrogens with zero attached hydrogens (tertiary/aromatic N) is 3. The minimum Gasteiger partial charge on any atom is -0.484 e. The largest absolute Gasteiger partial charge is 0.484 e. The fraction of sp³-hybridized carbons (Fsp3) is 0.524. The first kappa shape index (κ1) is 27.1. The zero-order valence-corrected chi connectivity index (χ0v) is 20.8. The number of alkyl halides is 3. The molecule has 2 rings (SSSR count). The number of hydrogen-bond acceptors (Lipinski definition) is 3. The molecule has 2 N–H and O–H groups in total. The molecule has 0 saturated heterocycles. The number of nitrogens with one attached hydrogen (secondary N) is 2. The summed E-state index contributed by atoms with van der Waals surface area (Å²) in [6.45, 7) is 7.80. The number of aliphatic imine (C=N–C) groups is 1. The molecule has 0 radical (unpaired) electrons. The number of aromatic nitrogens is 2. The molecule has 174 valence electrons. The van der Waals surface area contributed by atoms with Gasteiger partial charge in [0.15, 0.2) is 12.6 Å². The third-order valence-corrected chi connectivity index (χ3v) is 4.62. The van der Waals surface area contributed by atoms with Crippen LogP contribution in [0.5, 0.6) is 5.75 Å². The summed E-state index contributed by atoms with van der Waals surface area (Å²) in [5.74, 6) is 0.819. The van der Waals surface area contributed by atoms with Gasteiger partial charge in [0.1, 0.15) is 5.75 Å². The van der Waals surface area contributed by atoms with Crippen molar-refractivity contribution in [1.29, 1.82) is 0 Å². The molecule has 10 heteroatoms. The van der Waals surface area contributed by atoms with Crippen LogP contribution in [0.1, 0.15) is 36.4 Å². The number of guanidine groups is 1. The Hall–Kier alpha value is -1.98. The van der Waals surface area contributed by atoms with Crippen LogP contribution in [0.4, 0.5) is 13.2 Å². The molecule has 0 fully saturated rings. The molecule has 0 aliphatic rings. The molecule has 6 nitrogen and oxygen atoms in total. The third-order valence-electron chi connectivity index (χ3n) is 4.62. The number of rotatable bonds is 8. The maximum atomic E-state index is 12.3. The molecule has 0 bridgehead atoms. The zero-order chi connectivity index (χ0) is 22.3. The molecule has 0 amide bonds. The molecule has 1 unspecified atom stereocenters. The van der Waals surface area contributed by atoms with E-state index in [1.807, 2.05) is 25.6 Å². The Labute approximate surface area is 198 Å². The van der Waals surface area contributed by atoms with Crippen LogP contribution in [0.2, 0.25) is 0 Å². The van der Waals surface area contributed by atoms with Gasteiger partial charge in [0.25, 0.3) is 0 Å². The van der Waals surface area contributed by atoms with Crippen LogP contribution in [0.15, 0.2) is 29.3 Å². The first-order valence-electron chi connectivity index (χ1n) is 9.91. The molecule has 0 saturated carbocycles. The van der Waals surface area contributed by atoms with Gasteiger partial charge >= 0.3 is 6.18 Å². The van der Waals surface area contributed by atoms with Crippen molar-refractivity contribution >= 4 is 29.9 Å². The predicted molar refractivity (Wildman–Crippen MR) is 127 cm³/mol. The van der Waals surface area contributed by atoms with Crippen molar-refractivity contribution in [2.24, 2.45) is 12.0 Å². The smallest absolute Gasteiger partial charge is 0.422 e. The third kappa shape index (κ3) is 8.96. The van der Waals surface area contributed by atoms with Crippen molar-refractivity contribution < 1.29 is 17.9 Å². The maximum absolute atomic E-state index is 12.3. The molecule has 0 aliphatic carbocycles. The van der Waals surface area contributed by atoms with Gasteiger partial charge in [0.2, 0.25) is 0 Å². The van der Waals surface area contributed by atoms with Crippen molar-refractivity contribution in [3.05, 3.63) is 46.8 Å². The van der Waals surface area contributed by atoms with E-state index in [9.17, 15) is 13.2 Å². The standard InChI is InChI=1S/C21H30F3N5O.HI/c1-6-25-20(27-14(2)10-19-15(3)28-29(5)16(19)4)26-12-17-8-7-9-18(11-17)30-13-21(22,23)24;/h7-9,11,14H,6,10,12-13H2,1-5H3,(H2,25,26,27);1H. The van der Waals surface area contributed by atoms with E-state index in [0.29, 0.717) is 19.0 Å². The van der Waals surface area contributed by atoms with Crippen molar-refractivity contribution in [3.8, 4) is 5.75 Å². The molecule has 1 aromatic heterocycles. The normalized spacial score (nSPS) is 12.8. The van der Waals surface area contributed by atoms with Crippen LogP contribution in [0.3, 0.4) is 0 Å². The Kier molecular flexibility index (Phi) is 10.6. The lowest BCUT2D eigenvalue weighted by atomic mass is 10.1. The van der Waals surface area contributed by atoms with Crippen LogP contribution in [-0.4, -0.2) is 41.1 Å². The maximum Gasteiger partial charge on any atom is 0.422 e. The topological polar surface area (TPSA) is 63.5 Å². The molecule has 1 atom stereocenters. The van der Waals surface area contributed by atoms with Crippen LogP contribution in [0.25, 0.3) is 0 Å². The van der Waals surface area contributed by atoms with Gasteiger partial charge < -0.3 is 15.4 Å². The van der Waals surface area contributed by atoms with Gasteiger partial charge in [-0.1, -0.05) is 12.1 Å².